The second-order valence-corrected chi connectivity index (χ2v) is 13.4. The molecule has 0 saturated heterocycles. The first-order valence-electron chi connectivity index (χ1n) is 15.7. The highest BCUT2D eigenvalue weighted by Crippen LogP contribution is 2.60. The topological polar surface area (TPSA) is 0 Å². The van der Waals surface area contributed by atoms with E-state index in [1.165, 1.54) is 77.5 Å². The second-order valence-electron chi connectivity index (χ2n) is 13.4. The Labute approximate surface area is 261 Å². The largest absolute Gasteiger partial charge is 0.0622 e. The van der Waals surface area contributed by atoms with Crippen molar-refractivity contribution in [2.75, 3.05) is 0 Å². The third-order valence-corrected chi connectivity index (χ3v) is 10.0. The summed E-state index contributed by atoms with van der Waals surface area (Å²) in [7, 11) is 0. The van der Waals surface area contributed by atoms with Crippen LogP contribution < -0.4 is 0 Å². The fraction of sp³-hybridized carbons (Fsp3) is 0.136. The maximum Gasteiger partial charge on any atom is 0.0162 e. The quantitative estimate of drug-likeness (QED) is 0.187. The fourth-order valence-corrected chi connectivity index (χ4v) is 7.85. The Morgan fingerprint density at radius 2 is 0.932 bits per heavy atom. The van der Waals surface area contributed by atoms with Gasteiger partial charge in [-0.25, -0.2) is 0 Å². The lowest BCUT2D eigenvalue weighted by atomic mass is 9.72. The van der Waals surface area contributed by atoms with Gasteiger partial charge in [0.1, 0.15) is 0 Å². The smallest absolute Gasteiger partial charge is 0.0162 e. The van der Waals surface area contributed by atoms with Crippen molar-refractivity contribution in [3.63, 3.8) is 0 Å². The summed E-state index contributed by atoms with van der Waals surface area (Å²) in [6, 6.07) is 44.4. The van der Waals surface area contributed by atoms with E-state index in [1.807, 2.05) is 0 Å². The molecular weight excluding hydrogens is 528 g/mol. The van der Waals surface area contributed by atoms with E-state index in [0.29, 0.717) is 0 Å². The van der Waals surface area contributed by atoms with Crippen LogP contribution in [0, 0.1) is 0 Å². The van der Waals surface area contributed by atoms with Crippen LogP contribution in [0.1, 0.15) is 72.2 Å². The summed E-state index contributed by atoms with van der Waals surface area (Å²) in [6.45, 7) is 9.72. The molecule has 0 atom stereocenters. The molecular formula is C44H36. The number of fused-ring (bicyclic) bond motifs is 9. The van der Waals surface area contributed by atoms with Crippen LogP contribution in [0.15, 0.2) is 121 Å². The summed E-state index contributed by atoms with van der Waals surface area (Å²) in [5, 5.41) is 2.64. The summed E-state index contributed by atoms with van der Waals surface area (Å²) in [5.41, 5.74) is 16.1. The first kappa shape index (κ1) is 26.7. The number of hydrogen-bond acceptors (Lipinski definition) is 0. The van der Waals surface area contributed by atoms with Gasteiger partial charge in [0.15, 0.2) is 0 Å². The van der Waals surface area contributed by atoms with Crippen molar-refractivity contribution in [3.8, 4) is 22.3 Å². The van der Waals surface area contributed by atoms with Crippen LogP contribution in [0.3, 0.4) is 0 Å². The molecule has 8 rings (SSSR count). The molecule has 0 heteroatoms. The van der Waals surface area contributed by atoms with Gasteiger partial charge in [-0.1, -0.05) is 167 Å². The molecule has 0 bridgehead atoms. The standard InChI is InChI=1S/C44H36/c1-43(2)38-27-31(20-19-29-13-7-5-8-14-29)22-24-34(38)36-25-26-37-40-35-18-12-11-17-33(35)32(23-21-30-15-9-6-10-16-30)28-39(40)44(3,4)42(37)41(36)43/h5-28H,1-4H3/b20-19+,23-21+. The van der Waals surface area contributed by atoms with Crippen LogP contribution in [0.5, 0.6) is 0 Å². The van der Waals surface area contributed by atoms with E-state index in [2.05, 4.69) is 173 Å². The number of rotatable bonds is 4. The molecule has 0 spiro atoms. The molecule has 6 aromatic carbocycles. The Bertz CT molecular complexity index is 2140. The molecule has 6 aromatic rings. The molecule has 44 heavy (non-hydrogen) atoms. The van der Waals surface area contributed by atoms with Gasteiger partial charge in [0, 0.05) is 10.8 Å². The summed E-state index contributed by atoms with van der Waals surface area (Å²) >= 11 is 0. The molecule has 0 N–H and O–H groups in total. The number of benzene rings is 6. The molecule has 2 aliphatic rings. The Morgan fingerprint density at radius 1 is 0.409 bits per heavy atom. The highest BCUT2D eigenvalue weighted by Gasteiger charge is 2.46. The second kappa shape index (κ2) is 9.79. The van der Waals surface area contributed by atoms with E-state index in [4.69, 9.17) is 0 Å². The molecule has 0 aromatic heterocycles. The van der Waals surface area contributed by atoms with Gasteiger partial charge in [-0.2, -0.15) is 0 Å². The van der Waals surface area contributed by atoms with Crippen LogP contribution in [-0.2, 0) is 10.8 Å². The van der Waals surface area contributed by atoms with Crippen molar-refractivity contribution in [2.45, 2.75) is 38.5 Å². The molecule has 0 saturated carbocycles. The first-order chi connectivity index (χ1) is 21.3. The molecule has 212 valence electrons. The van der Waals surface area contributed by atoms with Gasteiger partial charge in [-0.05, 0) is 83.6 Å². The predicted octanol–water partition coefficient (Wildman–Crippen LogP) is 11.8. The average molecular weight is 565 g/mol. The van der Waals surface area contributed by atoms with E-state index < -0.39 is 0 Å². The van der Waals surface area contributed by atoms with Crippen molar-refractivity contribution < 1.29 is 0 Å². The molecule has 0 amide bonds. The summed E-state index contributed by atoms with van der Waals surface area (Å²) < 4.78 is 0. The minimum atomic E-state index is -0.134. The Balaban J connectivity index is 1.28. The van der Waals surface area contributed by atoms with Gasteiger partial charge >= 0.3 is 0 Å². The van der Waals surface area contributed by atoms with E-state index >= 15 is 0 Å². The van der Waals surface area contributed by atoms with E-state index in [9.17, 15) is 0 Å². The van der Waals surface area contributed by atoms with Crippen LogP contribution in [0.2, 0.25) is 0 Å². The lowest BCUT2D eigenvalue weighted by Crippen LogP contribution is -2.24. The molecule has 0 aliphatic heterocycles. The third-order valence-electron chi connectivity index (χ3n) is 10.0. The molecule has 0 unspecified atom stereocenters. The highest BCUT2D eigenvalue weighted by atomic mass is 14.5. The van der Waals surface area contributed by atoms with Crippen LogP contribution in [0.25, 0.3) is 57.3 Å². The van der Waals surface area contributed by atoms with Crippen molar-refractivity contribution in [1.82, 2.24) is 0 Å². The summed E-state index contributed by atoms with van der Waals surface area (Å²) in [5.74, 6) is 0. The first-order valence-corrected chi connectivity index (χ1v) is 15.7. The maximum atomic E-state index is 2.46. The minimum absolute atomic E-state index is 0.113. The summed E-state index contributed by atoms with van der Waals surface area (Å²) in [4.78, 5) is 0. The Morgan fingerprint density at radius 3 is 1.64 bits per heavy atom. The zero-order valence-corrected chi connectivity index (χ0v) is 25.9. The van der Waals surface area contributed by atoms with Gasteiger partial charge in [0.05, 0.1) is 0 Å². The average Bonchev–Trinajstić information content (AvgIpc) is 3.42. The van der Waals surface area contributed by atoms with Crippen LogP contribution >= 0.6 is 0 Å². The zero-order valence-electron chi connectivity index (χ0n) is 25.9. The van der Waals surface area contributed by atoms with Crippen molar-refractivity contribution in [1.29, 1.82) is 0 Å². The third kappa shape index (κ3) is 3.98. The van der Waals surface area contributed by atoms with E-state index in [1.54, 1.807) is 0 Å². The van der Waals surface area contributed by atoms with Crippen LogP contribution in [0.4, 0.5) is 0 Å². The Kier molecular flexibility index (Phi) is 5.94. The van der Waals surface area contributed by atoms with Gasteiger partial charge in [0.2, 0.25) is 0 Å². The normalized spacial score (nSPS) is 15.5. The molecule has 2 aliphatic carbocycles. The summed E-state index contributed by atoms with van der Waals surface area (Å²) in [6.07, 6.45) is 9.00. The van der Waals surface area contributed by atoms with Crippen molar-refractivity contribution in [2.24, 2.45) is 0 Å². The molecule has 0 nitrogen and oxygen atoms in total. The zero-order chi connectivity index (χ0) is 30.1. The Hall–Kier alpha value is -4.94. The molecule has 0 radical (unpaired) electrons. The molecule has 0 heterocycles. The van der Waals surface area contributed by atoms with Crippen molar-refractivity contribution in [3.05, 3.63) is 166 Å². The SMILES string of the molecule is CC1(C)c2cc(/C=C/c3ccccc3)ccc2-c2ccc3c(c21)C(C)(C)c1cc(/C=C/c2ccccc2)c2ccccc2c1-3. The van der Waals surface area contributed by atoms with Crippen LogP contribution in [-0.4, -0.2) is 0 Å². The fourth-order valence-electron chi connectivity index (χ4n) is 7.85. The van der Waals surface area contributed by atoms with Gasteiger partial charge in [0.25, 0.3) is 0 Å². The number of hydrogen-bond donors (Lipinski definition) is 0. The maximum absolute atomic E-state index is 2.46. The minimum Gasteiger partial charge on any atom is -0.0622 e. The van der Waals surface area contributed by atoms with Gasteiger partial charge < -0.3 is 0 Å². The van der Waals surface area contributed by atoms with Gasteiger partial charge in [-0.15, -0.1) is 0 Å². The predicted molar refractivity (Wildman–Crippen MR) is 190 cm³/mol. The highest BCUT2D eigenvalue weighted by molar-refractivity contribution is 6.07. The lowest BCUT2D eigenvalue weighted by Gasteiger charge is -2.31. The monoisotopic (exact) mass is 564 g/mol. The van der Waals surface area contributed by atoms with E-state index in [0.717, 1.165) is 0 Å². The lowest BCUT2D eigenvalue weighted by molar-refractivity contribution is 0.601. The van der Waals surface area contributed by atoms with E-state index in [-0.39, 0.29) is 10.8 Å². The van der Waals surface area contributed by atoms with Crippen molar-refractivity contribution >= 4 is 35.1 Å². The molecule has 0 fully saturated rings. The van der Waals surface area contributed by atoms with Gasteiger partial charge in [-0.3, -0.25) is 0 Å².